The Hall–Kier alpha value is -2.87. The van der Waals surface area contributed by atoms with Gasteiger partial charge >= 0.3 is 0 Å². The summed E-state index contributed by atoms with van der Waals surface area (Å²) in [6.45, 7) is 7.19. The maximum atomic E-state index is 14.0. The van der Waals surface area contributed by atoms with Gasteiger partial charge in [0, 0.05) is 12.2 Å². The van der Waals surface area contributed by atoms with E-state index in [0.717, 1.165) is 61.9 Å². The first kappa shape index (κ1) is 26.7. The van der Waals surface area contributed by atoms with Gasteiger partial charge in [-0.3, -0.25) is 4.79 Å². The lowest BCUT2D eigenvalue weighted by atomic mass is 10.0. The topological polar surface area (TPSA) is 69.0 Å². The van der Waals surface area contributed by atoms with E-state index in [1.165, 1.54) is 17.8 Å². The number of hydrogen-bond acceptors (Lipinski definition) is 5. The van der Waals surface area contributed by atoms with Crippen LogP contribution in [0.5, 0.6) is 5.75 Å². The molecule has 0 saturated carbocycles. The van der Waals surface area contributed by atoms with E-state index in [9.17, 15) is 9.18 Å². The highest BCUT2D eigenvalue weighted by Crippen LogP contribution is 2.25. The summed E-state index contributed by atoms with van der Waals surface area (Å²) in [5.74, 6) is 0.546. The van der Waals surface area contributed by atoms with Gasteiger partial charge in [0.25, 0.3) is 0 Å². The Morgan fingerprint density at radius 3 is 2.43 bits per heavy atom. The van der Waals surface area contributed by atoms with Gasteiger partial charge in [-0.2, -0.15) is 0 Å². The molecule has 1 heterocycles. The van der Waals surface area contributed by atoms with Crippen LogP contribution in [0.25, 0.3) is 0 Å². The maximum absolute atomic E-state index is 14.0. The zero-order valence-corrected chi connectivity index (χ0v) is 21.7. The molecule has 0 aliphatic carbocycles. The highest BCUT2D eigenvalue weighted by Gasteiger charge is 2.17. The Morgan fingerprint density at radius 1 is 1.00 bits per heavy atom. The molecule has 3 rings (SSSR count). The Balaban J connectivity index is 1.68. The normalized spacial score (nSPS) is 11.0. The van der Waals surface area contributed by atoms with Crippen LogP contribution in [0.1, 0.15) is 63.4 Å². The third-order valence-corrected chi connectivity index (χ3v) is 6.78. The number of halogens is 1. The van der Waals surface area contributed by atoms with Crippen LogP contribution in [0.2, 0.25) is 0 Å². The number of benzene rings is 2. The van der Waals surface area contributed by atoms with Crippen molar-refractivity contribution < 1.29 is 13.9 Å². The first-order valence-electron chi connectivity index (χ1n) is 12.4. The molecule has 0 bridgehead atoms. The molecule has 0 aliphatic heterocycles. The summed E-state index contributed by atoms with van der Waals surface area (Å²) in [6.07, 6.45) is 6.08. The smallest absolute Gasteiger partial charge is 0.234 e. The third kappa shape index (κ3) is 7.56. The van der Waals surface area contributed by atoms with Gasteiger partial charge in [-0.05, 0) is 42.5 Å². The average molecular weight is 499 g/mol. The first-order valence-corrected chi connectivity index (χ1v) is 13.4. The van der Waals surface area contributed by atoms with Gasteiger partial charge in [0.15, 0.2) is 22.5 Å². The molecule has 0 saturated heterocycles. The highest BCUT2D eigenvalue weighted by atomic mass is 32.2. The van der Waals surface area contributed by atoms with Crippen LogP contribution in [-0.4, -0.2) is 26.4 Å². The third-order valence-electron chi connectivity index (χ3n) is 5.82. The average Bonchev–Trinajstić information content (AvgIpc) is 3.26. The van der Waals surface area contributed by atoms with Gasteiger partial charge in [0.1, 0.15) is 6.61 Å². The summed E-state index contributed by atoms with van der Waals surface area (Å²) >= 11 is 1.36. The van der Waals surface area contributed by atoms with E-state index in [0.29, 0.717) is 11.0 Å². The van der Waals surface area contributed by atoms with Gasteiger partial charge in [0.05, 0.1) is 5.75 Å². The Bertz CT molecular complexity index is 1080. The summed E-state index contributed by atoms with van der Waals surface area (Å²) in [4.78, 5) is 12.8. The second kappa shape index (κ2) is 13.9. The number of nitrogens with zero attached hydrogens (tertiary/aromatic N) is 3. The molecule has 0 atom stereocenters. The summed E-state index contributed by atoms with van der Waals surface area (Å²) in [5.41, 5.74) is 3.19. The Labute approximate surface area is 211 Å². The molecule has 2 aromatic carbocycles. The molecule has 0 spiro atoms. The number of anilines is 1. The van der Waals surface area contributed by atoms with Crippen LogP contribution < -0.4 is 10.1 Å². The molecular formula is C27H35FN4O2S. The van der Waals surface area contributed by atoms with Crippen molar-refractivity contribution in [2.75, 3.05) is 11.1 Å². The standard InChI is InChI=1S/C27H35FN4O2S/c1-4-7-8-11-17-32-24(18-34-23-16-10-9-15-22(23)28)30-31-27(32)35-19-25(33)29-26-20(5-2)13-12-14-21(26)6-3/h9-10,12-16H,4-8,11,17-19H2,1-3H3,(H,29,33). The van der Waals surface area contributed by atoms with E-state index >= 15 is 0 Å². The Morgan fingerprint density at radius 2 is 1.74 bits per heavy atom. The molecular weight excluding hydrogens is 463 g/mol. The van der Waals surface area contributed by atoms with Crippen LogP contribution in [-0.2, 0) is 30.8 Å². The molecule has 0 fully saturated rings. The second-order valence-electron chi connectivity index (χ2n) is 8.33. The number of para-hydroxylation sites is 2. The van der Waals surface area contributed by atoms with Crippen LogP contribution in [0.3, 0.4) is 0 Å². The van der Waals surface area contributed by atoms with Gasteiger partial charge < -0.3 is 14.6 Å². The Kier molecular flexibility index (Phi) is 10.6. The van der Waals surface area contributed by atoms with Crippen LogP contribution >= 0.6 is 11.8 Å². The van der Waals surface area contributed by atoms with Crippen molar-refractivity contribution in [1.82, 2.24) is 14.8 Å². The predicted octanol–water partition coefficient (Wildman–Crippen LogP) is 6.43. The lowest BCUT2D eigenvalue weighted by Gasteiger charge is -2.14. The van der Waals surface area contributed by atoms with Crippen molar-refractivity contribution in [3.05, 3.63) is 65.2 Å². The quantitative estimate of drug-likeness (QED) is 0.205. The molecule has 3 aromatic rings. The van der Waals surface area contributed by atoms with Crippen molar-refractivity contribution >= 4 is 23.4 Å². The number of carbonyl (C=O) groups excluding carboxylic acids is 1. The van der Waals surface area contributed by atoms with Crippen molar-refractivity contribution in [2.45, 2.75) is 77.6 Å². The van der Waals surface area contributed by atoms with Crippen molar-refractivity contribution in [1.29, 1.82) is 0 Å². The molecule has 0 aliphatic rings. The molecule has 1 amide bonds. The summed E-state index contributed by atoms with van der Waals surface area (Å²) < 4.78 is 21.6. The molecule has 6 nitrogen and oxygen atoms in total. The number of unbranched alkanes of at least 4 members (excludes halogenated alkanes) is 3. The van der Waals surface area contributed by atoms with E-state index in [-0.39, 0.29) is 24.0 Å². The highest BCUT2D eigenvalue weighted by molar-refractivity contribution is 7.99. The SMILES string of the molecule is CCCCCCn1c(COc2ccccc2F)nnc1SCC(=O)Nc1c(CC)cccc1CC. The number of rotatable bonds is 14. The van der Waals surface area contributed by atoms with Crippen LogP contribution in [0.15, 0.2) is 47.6 Å². The number of carbonyl (C=O) groups is 1. The molecule has 0 radical (unpaired) electrons. The fourth-order valence-corrected chi connectivity index (χ4v) is 4.65. The minimum atomic E-state index is -0.411. The van der Waals surface area contributed by atoms with Crippen LogP contribution in [0, 0.1) is 5.82 Å². The van der Waals surface area contributed by atoms with E-state index in [4.69, 9.17) is 4.74 Å². The molecule has 0 unspecified atom stereocenters. The van der Waals surface area contributed by atoms with Crippen LogP contribution in [0.4, 0.5) is 10.1 Å². The number of amides is 1. The van der Waals surface area contributed by atoms with Crippen molar-refractivity contribution in [2.24, 2.45) is 0 Å². The monoisotopic (exact) mass is 498 g/mol. The fraction of sp³-hybridized carbons (Fsp3) is 0.444. The van der Waals surface area contributed by atoms with Gasteiger partial charge in [-0.25, -0.2) is 4.39 Å². The number of hydrogen-bond donors (Lipinski definition) is 1. The zero-order chi connectivity index (χ0) is 25.0. The van der Waals surface area contributed by atoms with E-state index < -0.39 is 5.82 Å². The van der Waals surface area contributed by atoms with E-state index in [2.05, 4.69) is 48.4 Å². The summed E-state index contributed by atoms with van der Waals surface area (Å²) in [6, 6.07) is 12.5. The van der Waals surface area contributed by atoms with Gasteiger partial charge in [-0.15, -0.1) is 10.2 Å². The predicted molar refractivity (Wildman–Crippen MR) is 139 cm³/mol. The second-order valence-corrected chi connectivity index (χ2v) is 9.27. The van der Waals surface area contributed by atoms with Crippen molar-refractivity contribution in [3.63, 3.8) is 0 Å². The first-order chi connectivity index (χ1) is 17.1. The molecule has 1 aromatic heterocycles. The fourth-order valence-electron chi connectivity index (χ4n) is 3.87. The van der Waals surface area contributed by atoms with E-state index in [1.54, 1.807) is 18.2 Å². The lowest BCUT2D eigenvalue weighted by molar-refractivity contribution is -0.113. The van der Waals surface area contributed by atoms with E-state index in [1.807, 2.05) is 10.6 Å². The summed E-state index contributed by atoms with van der Waals surface area (Å²) in [5, 5.41) is 12.4. The number of thioether (sulfide) groups is 1. The van der Waals surface area contributed by atoms with Crippen molar-refractivity contribution in [3.8, 4) is 5.75 Å². The molecule has 188 valence electrons. The minimum absolute atomic E-state index is 0.0738. The maximum Gasteiger partial charge on any atom is 0.234 e. The molecule has 8 heteroatoms. The largest absolute Gasteiger partial charge is 0.483 e. The minimum Gasteiger partial charge on any atom is -0.483 e. The number of aryl methyl sites for hydroxylation is 2. The molecule has 35 heavy (non-hydrogen) atoms. The number of nitrogens with one attached hydrogen (secondary N) is 1. The number of ether oxygens (including phenoxy) is 1. The molecule has 1 N–H and O–H groups in total. The zero-order valence-electron chi connectivity index (χ0n) is 20.8. The number of aromatic nitrogens is 3. The summed E-state index contributed by atoms with van der Waals surface area (Å²) in [7, 11) is 0. The van der Waals surface area contributed by atoms with Gasteiger partial charge in [0.2, 0.25) is 5.91 Å². The van der Waals surface area contributed by atoms with Gasteiger partial charge in [-0.1, -0.05) is 82.1 Å². The lowest BCUT2D eigenvalue weighted by Crippen LogP contribution is -2.17.